The van der Waals surface area contributed by atoms with E-state index in [1.165, 1.54) is 0 Å². The first-order chi connectivity index (χ1) is 18.2. The second-order valence-corrected chi connectivity index (χ2v) is 9.56. The Morgan fingerprint density at radius 1 is 0.946 bits per heavy atom. The molecular formula is C31H32N4O2. The standard InChI is InChI=1S/C31H32N4O2/c32-24-31(27-9-5-2-6-10-27)15-18-35(19-16-31)20-17-33-22-29-21-30(34-37-29)26-11-13-28(14-12-26)36-23-25-7-3-1-4-8-25/h1-14,21,33H,15-20,22-23H2. The highest BCUT2D eigenvalue weighted by Gasteiger charge is 2.36. The molecule has 0 spiro atoms. The first-order valence-electron chi connectivity index (χ1n) is 12.9. The Morgan fingerprint density at radius 2 is 1.65 bits per heavy atom. The molecule has 188 valence electrons. The lowest BCUT2D eigenvalue weighted by molar-refractivity contribution is 0.186. The van der Waals surface area contributed by atoms with Crippen LogP contribution >= 0.6 is 0 Å². The van der Waals surface area contributed by atoms with Gasteiger partial charge < -0.3 is 19.5 Å². The fraction of sp³-hybridized carbons (Fsp3) is 0.290. The average molecular weight is 493 g/mol. The summed E-state index contributed by atoms with van der Waals surface area (Å²) in [6, 6.07) is 32.9. The molecule has 1 aromatic heterocycles. The molecule has 0 atom stereocenters. The van der Waals surface area contributed by atoms with Crippen LogP contribution in [0.3, 0.4) is 0 Å². The van der Waals surface area contributed by atoms with Crippen molar-refractivity contribution >= 4 is 0 Å². The summed E-state index contributed by atoms with van der Waals surface area (Å²) in [5, 5.41) is 17.6. The predicted molar refractivity (Wildman–Crippen MR) is 144 cm³/mol. The van der Waals surface area contributed by atoms with E-state index in [1.807, 2.05) is 66.7 Å². The molecule has 2 heterocycles. The van der Waals surface area contributed by atoms with Crippen molar-refractivity contribution in [1.82, 2.24) is 15.4 Å². The van der Waals surface area contributed by atoms with Crippen LogP contribution in [0.15, 0.2) is 95.5 Å². The van der Waals surface area contributed by atoms with Crippen LogP contribution in [0.4, 0.5) is 0 Å². The lowest BCUT2D eigenvalue weighted by Crippen LogP contribution is -2.44. The lowest BCUT2D eigenvalue weighted by atomic mass is 9.74. The van der Waals surface area contributed by atoms with Crippen LogP contribution in [0.2, 0.25) is 0 Å². The fourth-order valence-corrected chi connectivity index (χ4v) is 4.82. The van der Waals surface area contributed by atoms with Gasteiger partial charge in [0.25, 0.3) is 0 Å². The molecule has 6 heteroatoms. The molecule has 0 aliphatic carbocycles. The van der Waals surface area contributed by atoms with Gasteiger partial charge in [0, 0.05) is 37.8 Å². The van der Waals surface area contributed by atoms with Gasteiger partial charge in [-0.3, -0.25) is 0 Å². The predicted octanol–water partition coefficient (Wildman–Crippen LogP) is 5.57. The molecule has 1 saturated heterocycles. The van der Waals surface area contributed by atoms with Crippen molar-refractivity contribution in [2.75, 3.05) is 26.2 Å². The number of aromatic nitrogens is 1. The van der Waals surface area contributed by atoms with Crippen LogP contribution in [-0.4, -0.2) is 36.2 Å². The third-order valence-electron chi connectivity index (χ3n) is 7.11. The number of nitriles is 1. The molecular weight excluding hydrogens is 460 g/mol. The summed E-state index contributed by atoms with van der Waals surface area (Å²) in [7, 11) is 0. The highest BCUT2D eigenvalue weighted by molar-refractivity contribution is 5.59. The number of likely N-dealkylation sites (tertiary alicyclic amines) is 1. The molecule has 0 amide bonds. The van der Waals surface area contributed by atoms with Gasteiger partial charge in [-0.2, -0.15) is 5.26 Å². The Morgan fingerprint density at radius 3 is 2.35 bits per heavy atom. The van der Waals surface area contributed by atoms with Gasteiger partial charge >= 0.3 is 0 Å². The molecule has 1 aliphatic heterocycles. The third-order valence-corrected chi connectivity index (χ3v) is 7.11. The molecule has 0 saturated carbocycles. The zero-order valence-electron chi connectivity index (χ0n) is 21.0. The van der Waals surface area contributed by atoms with Crippen molar-refractivity contribution in [3.63, 3.8) is 0 Å². The number of piperidine rings is 1. The monoisotopic (exact) mass is 492 g/mol. The molecule has 0 unspecified atom stereocenters. The molecule has 6 nitrogen and oxygen atoms in total. The maximum absolute atomic E-state index is 9.88. The maximum Gasteiger partial charge on any atom is 0.151 e. The molecule has 37 heavy (non-hydrogen) atoms. The minimum Gasteiger partial charge on any atom is -0.489 e. The molecule has 5 rings (SSSR count). The van der Waals surface area contributed by atoms with E-state index in [1.54, 1.807) is 0 Å². The zero-order valence-corrected chi connectivity index (χ0v) is 21.0. The van der Waals surface area contributed by atoms with E-state index in [2.05, 4.69) is 45.7 Å². The molecule has 3 aromatic carbocycles. The maximum atomic E-state index is 9.88. The minimum absolute atomic E-state index is 0.354. The SMILES string of the molecule is N#CC1(c2ccccc2)CCN(CCNCc2cc(-c3ccc(OCc4ccccc4)cc3)no2)CC1. The lowest BCUT2D eigenvalue weighted by Gasteiger charge is -2.37. The van der Waals surface area contributed by atoms with E-state index < -0.39 is 0 Å². The Hall–Kier alpha value is -3.92. The summed E-state index contributed by atoms with van der Waals surface area (Å²) in [5.74, 6) is 1.64. The smallest absolute Gasteiger partial charge is 0.151 e. The highest BCUT2D eigenvalue weighted by Crippen LogP contribution is 2.34. The zero-order chi connectivity index (χ0) is 25.3. The number of hydrogen-bond donors (Lipinski definition) is 1. The van der Waals surface area contributed by atoms with Gasteiger partial charge in [0.05, 0.1) is 18.0 Å². The summed E-state index contributed by atoms with van der Waals surface area (Å²) in [5.41, 5.74) is 3.74. The van der Waals surface area contributed by atoms with Crippen LogP contribution in [0.25, 0.3) is 11.3 Å². The quantitative estimate of drug-likeness (QED) is 0.292. The minimum atomic E-state index is -0.354. The van der Waals surface area contributed by atoms with E-state index in [-0.39, 0.29) is 5.41 Å². The number of hydrogen-bond acceptors (Lipinski definition) is 6. The van der Waals surface area contributed by atoms with Gasteiger partial charge in [0.2, 0.25) is 0 Å². The summed E-state index contributed by atoms with van der Waals surface area (Å²) in [6.07, 6.45) is 1.74. The van der Waals surface area contributed by atoms with Gasteiger partial charge in [-0.1, -0.05) is 65.8 Å². The highest BCUT2D eigenvalue weighted by atomic mass is 16.5. The topological polar surface area (TPSA) is 74.3 Å². The van der Waals surface area contributed by atoms with Crippen molar-refractivity contribution in [3.05, 3.63) is 108 Å². The average Bonchev–Trinajstić information content (AvgIpc) is 3.45. The van der Waals surface area contributed by atoms with Crippen molar-refractivity contribution < 1.29 is 9.26 Å². The van der Waals surface area contributed by atoms with E-state index in [9.17, 15) is 5.26 Å². The molecule has 1 N–H and O–H groups in total. The van der Waals surface area contributed by atoms with Gasteiger partial charge in [0.15, 0.2) is 5.76 Å². The Labute approximate surface area is 218 Å². The van der Waals surface area contributed by atoms with E-state index >= 15 is 0 Å². The second-order valence-electron chi connectivity index (χ2n) is 9.56. The second kappa shape index (κ2) is 11.9. The first-order valence-corrected chi connectivity index (χ1v) is 12.9. The van der Waals surface area contributed by atoms with E-state index in [0.29, 0.717) is 13.2 Å². The molecule has 0 bridgehead atoms. The van der Waals surface area contributed by atoms with Gasteiger partial charge in [0.1, 0.15) is 18.1 Å². The van der Waals surface area contributed by atoms with Gasteiger partial charge in [-0.05, 0) is 48.2 Å². The Balaban J connectivity index is 1.04. The van der Waals surface area contributed by atoms with Crippen LogP contribution in [0, 0.1) is 11.3 Å². The number of ether oxygens (including phenoxy) is 1. The molecule has 0 radical (unpaired) electrons. The van der Waals surface area contributed by atoms with Crippen molar-refractivity contribution in [2.45, 2.75) is 31.4 Å². The number of benzene rings is 3. The van der Waals surface area contributed by atoms with Crippen LogP contribution in [0.1, 0.15) is 29.7 Å². The number of nitrogens with zero attached hydrogens (tertiary/aromatic N) is 3. The van der Waals surface area contributed by atoms with Gasteiger partial charge in [-0.25, -0.2) is 0 Å². The summed E-state index contributed by atoms with van der Waals surface area (Å²) >= 11 is 0. The summed E-state index contributed by atoms with van der Waals surface area (Å²) in [4.78, 5) is 2.43. The van der Waals surface area contributed by atoms with Crippen molar-refractivity contribution in [1.29, 1.82) is 5.26 Å². The van der Waals surface area contributed by atoms with Gasteiger partial charge in [-0.15, -0.1) is 0 Å². The number of rotatable bonds is 10. The van der Waals surface area contributed by atoms with Crippen LogP contribution in [-0.2, 0) is 18.6 Å². The van der Waals surface area contributed by atoms with Crippen LogP contribution in [0.5, 0.6) is 5.75 Å². The molecule has 4 aromatic rings. The Bertz CT molecular complexity index is 1290. The van der Waals surface area contributed by atoms with Crippen LogP contribution < -0.4 is 10.1 Å². The fourth-order valence-electron chi connectivity index (χ4n) is 4.82. The summed E-state index contributed by atoms with van der Waals surface area (Å²) < 4.78 is 11.4. The normalized spacial score (nSPS) is 15.2. The molecule has 1 aliphatic rings. The summed E-state index contributed by atoms with van der Waals surface area (Å²) in [6.45, 7) is 4.84. The largest absolute Gasteiger partial charge is 0.489 e. The first kappa shape index (κ1) is 24.8. The number of nitrogens with one attached hydrogen (secondary N) is 1. The van der Waals surface area contributed by atoms with Crippen molar-refractivity contribution in [3.8, 4) is 23.1 Å². The third kappa shape index (κ3) is 6.26. The van der Waals surface area contributed by atoms with E-state index in [0.717, 1.165) is 72.9 Å². The van der Waals surface area contributed by atoms with Crippen molar-refractivity contribution in [2.24, 2.45) is 0 Å². The van der Waals surface area contributed by atoms with E-state index in [4.69, 9.17) is 9.26 Å². The molecule has 1 fully saturated rings. The Kier molecular flexibility index (Phi) is 7.95.